The number of aryl methyl sites for hydroxylation is 1. The summed E-state index contributed by atoms with van der Waals surface area (Å²) in [7, 11) is 0. The van der Waals surface area contributed by atoms with Crippen molar-refractivity contribution in [2.24, 2.45) is 11.8 Å². The predicted molar refractivity (Wildman–Crippen MR) is 95.9 cm³/mol. The van der Waals surface area contributed by atoms with Crippen LogP contribution in [0.2, 0.25) is 0 Å². The molecule has 3 rings (SSSR count). The van der Waals surface area contributed by atoms with Gasteiger partial charge in [0.1, 0.15) is 5.52 Å². The molecular formula is C19H28N4O. The normalized spacial score (nSPS) is 22.1. The molecule has 1 saturated heterocycles. The average molecular weight is 328 g/mol. The van der Waals surface area contributed by atoms with Gasteiger partial charge in [0.05, 0.1) is 5.52 Å². The minimum absolute atomic E-state index is 0.135. The third-order valence-electron chi connectivity index (χ3n) is 5.31. The van der Waals surface area contributed by atoms with Crippen molar-refractivity contribution >= 4 is 16.9 Å². The minimum atomic E-state index is 0.135. The van der Waals surface area contributed by atoms with Gasteiger partial charge in [-0.25, -0.2) is 4.68 Å². The molecule has 5 heteroatoms. The van der Waals surface area contributed by atoms with E-state index in [4.69, 9.17) is 0 Å². The largest absolute Gasteiger partial charge is 0.335 e. The van der Waals surface area contributed by atoms with E-state index in [9.17, 15) is 4.79 Å². The molecule has 1 fully saturated rings. The van der Waals surface area contributed by atoms with Crippen molar-refractivity contribution in [3.8, 4) is 0 Å². The Balaban J connectivity index is 1.90. The molecular weight excluding hydrogens is 300 g/mol. The number of likely N-dealkylation sites (tertiary alicyclic amines) is 1. The molecule has 2 aromatic rings. The highest BCUT2D eigenvalue weighted by molar-refractivity contribution is 5.97. The first kappa shape index (κ1) is 16.9. The van der Waals surface area contributed by atoms with Gasteiger partial charge in [-0.3, -0.25) is 4.79 Å². The highest BCUT2D eigenvalue weighted by atomic mass is 16.2. The fourth-order valence-corrected chi connectivity index (χ4v) is 3.73. The molecule has 0 bridgehead atoms. The standard InChI is InChI=1S/C19H28N4O/c1-5-23-18-9-7-15(12-16(18)20-21-23)19(24)22-11-10-14(4)6-8-17(22)13(2)3/h7,9,12-14,17H,5-6,8,10-11H2,1-4H3. The summed E-state index contributed by atoms with van der Waals surface area (Å²) in [4.78, 5) is 15.3. The van der Waals surface area contributed by atoms with Gasteiger partial charge in [-0.05, 0) is 56.2 Å². The lowest BCUT2D eigenvalue weighted by Gasteiger charge is -2.33. The summed E-state index contributed by atoms with van der Waals surface area (Å²) in [5.74, 6) is 1.30. The summed E-state index contributed by atoms with van der Waals surface area (Å²) in [6, 6.07) is 6.11. The summed E-state index contributed by atoms with van der Waals surface area (Å²) in [6.45, 7) is 10.4. The Morgan fingerprint density at radius 1 is 1.29 bits per heavy atom. The summed E-state index contributed by atoms with van der Waals surface area (Å²) < 4.78 is 1.86. The van der Waals surface area contributed by atoms with E-state index in [0.717, 1.165) is 42.5 Å². The van der Waals surface area contributed by atoms with Crippen molar-refractivity contribution in [1.29, 1.82) is 0 Å². The van der Waals surface area contributed by atoms with Crippen LogP contribution in [-0.2, 0) is 6.54 Å². The second kappa shape index (κ2) is 6.91. The lowest BCUT2D eigenvalue weighted by atomic mass is 9.95. The van der Waals surface area contributed by atoms with Gasteiger partial charge in [0.2, 0.25) is 0 Å². The van der Waals surface area contributed by atoms with Crippen molar-refractivity contribution < 1.29 is 4.79 Å². The number of benzene rings is 1. The van der Waals surface area contributed by atoms with Crippen LogP contribution in [0.15, 0.2) is 18.2 Å². The summed E-state index contributed by atoms with van der Waals surface area (Å²) >= 11 is 0. The molecule has 1 aromatic heterocycles. The zero-order valence-corrected chi connectivity index (χ0v) is 15.2. The van der Waals surface area contributed by atoms with Gasteiger partial charge in [0.25, 0.3) is 5.91 Å². The molecule has 1 aromatic carbocycles. The van der Waals surface area contributed by atoms with Crippen LogP contribution in [0.4, 0.5) is 0 Å². The van der Waals surface area contributed by atoms with Crippen LogP contribution in [0.25, 0.3) is 11.0 Å². The number of fused-ring (bicyclic) bond motifs is 1. The topological polar surface area (TPSA) is 51.0 Å². The van der Waals surface area contributed by atoms with E-state index in [1.165, 1.54) is 6.42 Å². The number of carbonyl (C=O) groups is 1. The van der Waals surface area contributed by atoms with Gasteiger partial charge in [0.15, 0.2) is 0 Å². The quantitative estimate of drug-likeness (QED) is 0.862. The van der Waals surface area contributed by atoms with E-state index in [1.54, 1.807) is 0 Å². The van der Waals surface area contributed by atoms with Crippen LogP contribution in [-0.4, -0.2) is 38.4 Å². The fraction of sp³-hybridized carbons (Fsp3) is 0.632. The first-order valence-electron chi connectivity index (χ1n) is 9.15. The lowest BCUT2D eigenvalue weighted by molar-refractivity contribution is 0.0631. The van der Waals surface area contributed by atoms with Crippen LogP contribution < -0.4 is 0 Å². The molecule has 1 amide bonds. The molecule has 2 atom stereocenters. The molecule has 1 aliphatic rings. The van der Waals surface area contributed by atoms with Gasteiger partial charge in [-0.2, -0.15) is 0 Å². The number of aromatic nitrogens is 3. The predicted octanol–water partition coefficient (Wildman–Crippen LogP) is 3.74. The van der Waals surface area contributed by atoms with Crippen LogP contribution in [0.3, 0.4) is 0 Å². The van der Waals surface area contributed by atoms with E-state index in [1.807, 2.05) is 29.8 Å². The summed E-state index contributed by atoms with van der Waals surface area (Å²) in [6.07, 6.45) is 3.39. The molecule has 2 unspecified atom stereocenters. The highest BCUT2D eigenvalue weighted by Gasteiger charge is 2.30. The van der Waals surface area contributed by atoms with Gasteiger partial charge in [-0.15, -0.1) is 5.10 Å². The number of nitrogens with zero attached hydrogens (tertiary/aromatic N) is 4. The molecule has 2 heterocycles. The Kier molecular flexibility index (Phi) is 4.88. The van der Waals surface area contributed by atoms with Crippen molar-refractivity contribution in [1.82, 2.24) is 19.9 Å². The maximum atomic E-state index is 13.2. The number of amides is 1. The Morgan fingerprint density at radius 2 is 2.08 bits per heavy atom. The number of hydrogen-bond acceptors (Lipinski definition) is 3. The van der Waals surface area contributed by atoms with Gasteiger partial charge < -0.3 is 4.90 Å². The van der Waals surface area contributed by atoms with Crippen LogP contribution in [0, 0.1) is 11.8 Å². The summed E-state index contributed by atoms with van der Waals surface area (Å²) in [5.41, 5.74) is 2.51. The zero-order valence-electron chi connectivity index (χ0n) is 15.2. The van der Waals surface area contributed by atoms with Crippen molar-refractivity contribution in [2.45, 2.75) is 59.5 Å². The molecule has 0 saturated carbocycles. The third-order valence-corrected chi connectivity index (χ3v) is 5.31. The maximum Gasteiger partial charge on any atom is 0.254 e. The zero-order chi connectivity index (χ0) is 17.3. The third kappa shape index (κ3) is 3.17. The van der Waals surface area contributed by atoms with Crippen LogP contribution in [0.1, 0.15) is 57.3 Å². The molecule has 0 radical (unpaired) electrons. The highest BCUT2D eigenvalue weighted by Crippen LogP contribution is 2.27. The Hall–Kier alpha value is -1.91. The van der Waals surface area contributed by atoms with Crippen LogP contribution >= 0.6 is 0 Å². The van der Waals surface area contributed by atoms with E-state index in [2.05, 4.69) is 36.0 Å². The first-order valence-corrected chi connectivity index (χ1v) is 9.15. The Labute approximate surface area is 144 Å². The molecule has 5 nitrogen and oxygen atoms in total. The maximum absolute atomic E-state index is 13.2. The molecule has 24 heavy (non-hydrogen) atoms. The van der Waals surface area contributed by atoms with Gasteiger partial charge >= 0.3 is 0 Å². The number of rotatable bonds is 3. The van der Waals surface area contributed by atoms with Crippen molar-refractivity contribution in [2.75, 3.05) is 6.54 Å². The fourth-order valence-electron chi connectivity index (χ4n) is 3.73. The lowest BCUT2D eigenvalue weighted by Crippen LogP contribution is -2.42. The minimum Gasteiger partial charge on any atom is -0.335 e. The van der Waals surface area contributed by atoms with E-state index >= 15 is 0 Å². The molecule has 0 N–H and O–H groups in total. The van der Waals surface area contributed by atoms with Crippen molar-refractivity contribution in [3.63, 3.8) is 0 Å². The molecule has 1 aliphatic heterocycles. The molecule has 130 valence electrons. The van der Waals surface area contributed by atoms with Gasteiger partial charge in [-0.1, -0.05) is 26.0 Å². The van der Waals surface area contributed by atoms with Crippen LogP contribution in [0.5, 0.6) is 0 Å². The van der Waals surface area contributed by atoms with Gasteiger partial charge in [0, 0.05) is 24.7 Å². The summed E-state index contributed by atoms with van der Waals surface area (Å²) in [5, 5.41) is 8.34. The monoisotopic (exact) mass is 328 g/mol. The second-order valence-electron chi connectivity index (χ2n) is 7.39. The van der Waals surface area contributed by atoms with E-state index < -0.39 is 0 Å². The second-order valence-corrected chi connectivity index (χ2v) is 7.39. The number of hydrogen-bond donors (Lipinski definition) is 0. The average Bonchev–Trinajstić information content (AvgIpc) is 2.88. The Bertz CT molecular complexity index is 721. The smallest absolute Gasteiger partial charge is 0.254 e. The Morgan fingerprint density at radius 3 is 2.79 bits per heavy atom. The number of carbonyl (C=O) groups excluding carboxylic acids is 1. The molecule has 0 aliphatic carbocycles. The van der Waals surface area contributed by atoms with E-state index in [-0.39, 0.29) is 5.91 Å². The van der Waals surface area contributed by atoms with E-state index in [0.29, 0.717) is 17.9 Å². The molecule has 0 spiro atoms. The van der Waals surface area contributed by atoms with Crippen molar-refractivity contribution in [3.05, 3.63) is 23.8 Å². The SMILES string of the molecule is CCn1nnc2cc(C(=O)N3CCC(C)CCC3C(C)C)ccc21. The first-order chi connectivity index (χ1) is 11.5.